The fourth-order valence-corrected chi connectivity index (χ4v) is 8.83. The Kier molecular flexibility index (Phi) is 5.72. The Bertz CT molecular complexity index is 787. The molecule has 1 saturated heterocycles. The maximum atomic E-state index is 12.7. The first-order valence-corrected chi connectivity index (χ1v) is 11.4. The molecule has 0 saturated carbocycles. The molecular formula is C12H17ClN2O5S3. The maximum absolute atomic E-state index is 12.7. The number of hydrogen-bond donors (Lipinski definition) is 2. The standard InChI is InChI=1S/C12H17ClN2O5S3/c1-8(16)14-4-5-15-9-6-22(17,18)7-10(9)23(19,20)12-3-2-11(13)21-12/h2-3,9-10,15H,4-7H2,1H3,(H,14,16)/t9-,10-/m0/s1. The normalized spacial score (nSPS) is 23.7. The summed E-state index contributed by atoms with van der Waals surface area (Å²) in [6.07, 6.45) is 0. The number of nitrogens with one attached hydrogen (secondary N) is 2. The zero-order valence-electron chi connectivity index (χ0n) is 12.3. The first-order chi connectivity index (χ1) is 10.6. The number of carbonyl (C=O) groups excluding carboxylic acids is 1. The summed E-state index contributed by atoms with van der Waals surface area (Å²) in [6.45, 7) is 1.95. The van der Waals surface area contributed by atoms with E-state index in [0.717, 1.165) is 11.3 Å². The van der Waals surface area contributed by atoms with Crippen molar-refractivity contribution in [2.75, 3.05) is 24.6 Å². The molecule has 1 aliphatic rings. The Hall–Kier alpha value is -0.680. The van der Waals surface area contributed by atoms with Gasteiger partial charge < -0.3 is 10.6 Å². The summed E-state index contributed by atoms with van der Waals surface area (Å²) in [5, 5.41) is 4.43. The second-order valence-electron chi connectivity index (χ2n) is 5.26. The van der Waals surface area contributed by atoms with Crippen LogP contribution in [0.5, 0.6) is 0 Å². The van der Waals surface area contributed by atoms with Crippen LogP contribution in [0, 0.1) is 0 Å². The number of sulfone groups is 2. The summed E-state index contributed by atoms with van der Waals surface area (Å²) in [5.74, 6) is -0.859. The van der Waals surface area contributed by atoms with Crippen LogP contribution in [0.1, 0.15) is 6.92 Å². The second-order valence-corrected chi connectivity index (χ2v) is 11.5. The minimum atomic E-state index is -3.79. The Morgan fingerprint density at radius 3 is 2.61 bits per heavy atom. The van der Waals surface area contributed by atoms with E-state index in [1.54, 1.807) is 0 Å². The average molecular weight is 401 g/mol. The summed E-state index contributed by atoms with van der Waals surface area (Å²) in [7, 11) is -7.23. The van der Waals surface area contributed by atoms with Crippen molar-refractivity contribution in [1.82, 2.24) is 10.6 Å². The zero-order valence-corrected chi connectivity index (χ0v) is 15.5. The molecule has 0 unspecified atom stereocenters. The molecule has 0 aromatic carbocycles. The first kappa shape index (κ1) is 18.7. The third-order valence-corrected chi connectivity index (χ3v) is 9.34. The van der Waals surface area contributed by atoms with E-state index in [2.05, 4.69) is 10.6 Å². The lowest BCUT2D eigenvalue weighted by atomic mass is 10.2. The lowest BCUT2D eigenvalue weighted by Gasteiger charge is -2.19. The summed E-state index contributed by atoms with van der Waals surface area (Å²) in [6, 6.07) is 2.16. The summed E-state index contributed by atoms with van der Waals surface area (Å²) in [4.78, 5) is 10.8. The van der Waals surface area contributed by atoms with E-state index in [1.165, 1.54) is 19.1 Å². The van der Waals surface area contributed by atoms with Gasteiger partial charge in [0, 0.05) is 26.1 Å². The van der Waals surface area contributed by atoms with Gasteiger partial charge in [-0.15, -0.1) is 11.3 Å². The van der Waals surface area contributed by atoms with Crippen LogP contribution in [-0.2, 0) is 24.5 Å². The van der Waals surface area contributed by atoms with Crippen LogP contribution in [0.15, 0.2) is 16.3 Å². The van der Waals surface area contributed by atoms with E-state index in [4.69, 9.17) is 11.6 Å². The fourth-order valence-electron chi connectivity index (χ4n) is 2.41. The molecular weight excluding hydrogens is 384 g/mol. The molecule has 11 heteroatoms. The van der Waals surface area contributed by atoms with Crippen molar-refractivity contribution in [3.63, 3.8) is 0 Å². The molecule has 1 aromatic heterocycles. The molecule has 0 aliphatic carbocycles. The SMILES string of the molecule is CC(=O)NCCN[C@H]1CS(=O)(=O)C[C@@H]1S(=O)(=O)c1ccc(Cl)s1. The minimum Gasteiger partial charge on any atom is -0.355 e. The van der Waals surface area contributed by atoms with Crippen molar-refractivity contribution >= 4 is 48.5 Å². The van der Waals surface area contributed by atoms with Crippen LogP contribution in [-0.4, -0.2) is 58.6 Å². The lowest BCUT2D eigenvalue weighted by Crippen LogP contribution is -2.45. The molecule has 1 aromatic rings. The highest BCUT2D eigenvalue weighted by Gasteiger charge is 2.46. The largest absolute Gasteiger partial charge is 0.355 e. The minimum absolute atomic E-state index is 0.0678. The van der Waals surface area contributed by atoms with Gasteiger partial charge in [-0.2, -0.15) is 0 Å². The molecule has 0 radical (unpaired) electrons. The first-order valence-electron chi connectivity index (χ1n) is 6.79. The van der Waals surface area contributed by atoms with E-state index in [-0.39, 0.29) is 22.4 Å². The molecule has 23 heavy (non-hydrogen) atoms. The molecule has 0 spiro atoms. The van der Waals surface area contributed by atoms with Gasteiger partial charge in [-0.3, -0.25) is 4.79 Å². The third kappa shape index (κ3) is 4.66. The molecule has 2 rings (SSSR count). The van der Waals surface area contributed by atoms with Crippen molar-refractivity contribution < 1.29 is 21.6 Å². The van der Waals surface area contributed by atoms with E-state index >= 15 is 0 Å². The molecule has 1 aliphatic heterocycles. The van der Waals surface area contributed by atoms with E-state index in [1.807, 2.05) is 0 Å². The quantitative estimate of drug-likeness (QED) is 0.654. The van der Waals surface area contributed by atoms with Gasteiger partial charge in [0.25, 0.3) is 0 Å². The van der Waals surface area contributed by atoms with Crippen LogP contribution in [0.3, 0.4) is 0 Å². The second kappa shape index (κ2) is 7.06. The van der Waals surface area contributed by atoms with Crippen molar-refractivity contribution in [2.24, 2.45) is 0 Å². The van der Waals surface area contributed by atoms with Crippen LogP contribution in [0.2, 0.25) is 4.34 Å². The summed E-state index contributed by atoms with van der Waals surface area (Å²) < 4.78 is 49.5. The number of thiophene rings is 1. The van der Waals surface area contributed by atoms with Crippen LogP contribution in [0.4, 0.5) is 0 Å². The van der Waals surface area contributed by atoms with Crippen molar-refractivity contribution in [3.8, 4) is 0 Å². The maximum Gasteiger partial charge on any atom is 0.216 e. The molecule has 1 amide bonds. The lowest BCUT2D eigenvalue weighted by molar-refractivity contribution is -0.118. The highest BCUT2D eigenvalue weighted by atomic mass is 35.5. The van der Waals surface area contributed by atoms with E-state index in [9.17, 15) is 21.6 Å². The highest BCUT2D eigenvalue weighted by Crippen LogP contribution is 2.32. The van der Waals surface area contributed by atoms with Gasteiger partial charge in [0.1, 0.15) is 4.21 Å². The predicted octanol–water partition coefficient (Wildman–Crippen LogP) is 0.0665. The van der Waals surface area contributed by atoms with Gasteiger partial charge in [-0.25, -0.2) is 16.8 Å². The summed E-state index contributed by atoms with van der Waals surface area (Å²) in [5.41, 5.74) is 0. The Morgan fingerprint density at radius 2 is 2.04 bits per heavy atom. The number of halogens is 1. The molecule has 1 fully saturated rings. The van der Waals surface area contributed by atoms with Crippen molar-refractivity contribution in [3.05, 3.63) is 16.5 Å². The van der Waals surface area contributed by atoms with Gasteiger partial charge in [0.15, 0.2) is 19.7 Å². The Balaban J connectivity index is 2.15. The van der Waals surface area contributed by atoms with E-state index < -0.39 is 36.7 Å². The number of amides is 1. The average Bonchev–Trinajstić information content (AvgIpc) is 2.98. The molecule has 2 atom stereocenters. The number of hydrogen-bond acceptors (Lipinski definition) is 7. The Labute approximate surface area is 144 Å². The molecule has 7 nitrogen and oxygen atoms in total. The summed E-state index contributed by atoms with van der Waals surface area (Å²) >= 11 is 6.69. The van der Waals surface area contributed by atoms with Gasteiger partial charge in [0.2, 0.25) is 5.91 Å². The molecule has 2 N–H and O–H groups in total. The monoisotopic (exact) mass is 400 g/mol. The number of rotatable bonds is 6. The van der Waals surface area contributed by atoms with Gasteiger partial charge in [-0.05, 0) is 12.1 Å². The molecule has 2 heterocycles. The zero-order chi connectivity index (χ0) is 17.3. The van der Waals surface area contributed by atoms with Crippen LogP contribution < -0.4 is 10.6 Å². The van der Waals surface area contributed by atoms with Crippen LogP contribution >= 0.6 is 22.9 Å². The van der Waals surface area contributed by atoms with Crippen molar-refractivity contribution in [1.29, 1.82) is 0 Å². The van der Waals surface area contributed by atoms with E-state index in [0.29, 0.717) is 10.9 Å². The topological polar surface area (TPSA) is 109 Å². The molecule has 0 bridgehead atoms. The van der Waals surface area contributed by atoms with Crippen molar-refractivity contribution in [2.45, 2.75) is 22.4 Å². The fraction of sp³-hybridized carbons (Fsp3) is 0.583. The third-order valence-electron chi connectivity index (χ3n) is 3.43. The molecule has 130 valence electrons. The van der Waals surface area contributed by atoms with Crippen LogP contribution in [0.25, 0.3) is 0 Å². The smallest absolute Gasteiger partial charge is 0.216 e. The van der Waals surface area contributed by atoms with Gasteiger partial charge in [0.05, 0.1) is 21.1 Å². The Morgan fingerprint density at radius 1 is 1.35 bits per heavy atom. The highest BCUT2D eigenvalue weighted by molar-refractivity contribution is 7.97. The van der Waals surface area contributed by atoms with Gasteiger partial charge >= 0.3 is 0 Å². The number of carbonyl (C=O) groups is 1. The predicted molar refractivity (Wildman–Crippen MR) is 89.4 cm³/mol. The van der Waals surface area contributed by atoms with Gasteiger partial charge in [-0.1, -0.05) is 11.6 Å².